The fourth-order valence-corrected chi connectivity index (χ4v) is 3.75. The molecule has 0 saturated heterocycles. The Hall–Kier alpha value is -4.32. The van der Waals surface area contributed by atoms with Gasteiger partial charge in [-0.2, -0.15) is 0 Å². The van der Waals surface area contributed by atoms with Gasteiger partial charge in [-0.1, -0.05) is 18.2 Å². The van der Waals surface area contributed by atoms with Crippen LogP contribution in [0.2, 0.25) is 0 Å². The SMILES string of the molecule is COc1ccc(C(=O)Oc2ccc3c(c2)O/C(=C/c2cn(C)c4ccccc24)C3=O)cc1. The summed E-state index contributed by atoms with van der Waals surface area (Å²) in [5, 5.41) is 1.03. The lowest BCUT2D eigenvalue weighted by Crippen LogP contribution is -2.08. The fourth-order valence-electron chi connectivity index (χ4n) is 3.75. The number of ether oxygens (including phenoxy) is 3. The van der Waals surface area contributed by atoms with E-state index in [9.17, 15) is 9.59 Å². The van der Waals surface area contributed by atoms with E-state index in [1.54, 1.807) is 55.7 Å². The minimum atomic E-state index is -0.511. The molecule has 0 unspecified atom stereocenters. The van der Waals surface area contributed by atoms with Crippen LogP contribution in [-0.2, 0) is 7.05 Å². The number of hydrogen-bond donors (Lipinski definition) is 0. The molecule has 0 N–H and O–H groups in total. The summed E-state index contributed by atoms with van der Waals surface area (Å²) in [5.74, 6) is 0.821. The molecular formula is C26H19NO5. The van der Waals surface area contributed by atoms with Crippen molar-refractivity contribution >= 4 is 28.7 Å². The van der Waals surface area contributed by atoms with Gasteiger partial charge in [0.15, 0.2) is 5.76 Å². The molecule has 32 heavy (non-hydrogen) atoms. The number of rotatable bonds is 4. The molecule has 0 spiro atoms. The second-order valence-electron chi connectivity index (χ2n) is 7.43. The minimum Gasteiger partial charge on any atom is -0.497 e. The zero-order chi connectivity index (χ0) is 22.2. The van der Waals surface area contributed by atoms with Crippen LogP contribution >= 0.6 is 0 Å². The molecule has 1 aromatic heterocycles. The molecule has 0 aliphatic carbocycles. The van der Waals surface area contributed by atoms with E-state index < -0.39 is 5.97 Å². The summed E-state index contributed by atoms with van der Waals surface area (Å²) < 4.78 is 18.4. The molecule has 2 heterocycles. The van der Waals surface area contributed by atoms with Crippen LogP contribution in [0.1, 0.15) is 26.3 Å². The molecule has 1 aliphatic heterocycles. The van der Waals surface area contributed by atoms with Crippen LogP contribution in [0.25, 0.3) is 17.0 Å². The molecule has 3 aromatic carbocycles. The molecule has 6 heteroatoms. The third-order valence-corrected chi connectivity index (χ3v) is 5.39. The van der Waals surface area contributed by atoms with Gasteiger partial charge in [0.25, 0.3) is 0 Å². The molecule has 4 aromatic rings. The van der Waals surface area contributed by atoms with Crippen molar-refractivity contribution in [2.24, 2.45) is 7.05 Å². The van der Waals surface area contributed by atoms with Crippen LogP contribution in [0.4, 0.5) is 0 Å². The normalized spacial score (nSPS) is 13.8. The number of ketones is 1. The summed E-state index contributed by atoms with van der Waals surface area (Å²) in [6.07, 6.45) is 3.70. The Bertz CT molecular complexity index is 1400. The number of hydrogen-bond acceptors (Lipinski definition) is 5. The van der Waals surface area contributed by atoms with E-state index in [1.165, 1.54) is 0 Å². The summed E-state index contributed by atoms with van der Waals surface area (Å²) in [6.45, 7) is 0. The van der Waals surface area contributed by atoms with E-state index in [2.05, 4.69) is 0 Å². The first kappa shape index (κ1) is 19.6. The van der Waals surface area contributed by atoms with Crippen molar-refractivity contribution in [1.82, 2.24) is 4.57 Å². The number of aromatic nitrogens is 1. The lowest BCUT2D eigenvalue weighted by atomic mass is 10.1. The molecule has 1 aliphatic rings. The fraction of sp³-hybridized carbons (Fsp3) is 0.0769. The van der Waals surface area contributed by atoms with Crippen LogP contribution in [-0.4, -0.2) is 23.4 Å². The first-order valence-corrected chi connectivity index (χ1v) is 10.0. The number of Topliss-reactive ketones (excluding diaryl/α,β-unsaturated/α-hetero) is 1. The number of methoxy groups -OCH3 is 1. The summed E-state index contributed by atoms with van der Waals surface area (Å²) in [4.78, 5) is 25.3. The highest BCUT2D eigenvalue weighted by atomic mass is 16.5. The number of esters is 1. The van der Waals surface area contributed by atoms with Crippen molar-refractivity contribution in [1.29, 1.82) is 0 Å². The molecule has 0 saturated carbocycles. The molecule has 5 rings (SSSR count). The van der Waals surface area contributed by atoms with E-state index in [0.29, 0.717) is 28.4 Å². The Balaban J connectivity index is 1.39. The Kier molecular flexibility index (Phi) is 4.75. The third-order valence-electron chi connectivity index (χ3n) is 5.39. The highest BCUT2D eigenvalue weighted by molar-refractivity contribution is 6.15. The van der Waals surface area contributed by atoms with Gasteiger partial charge in [0.1, 0.15) is 17.2 Å². The molecule has 158 valence electrons. The maximum atomic E-state index is 12.8. The van der Waals surface area contributed by atoms with Gasteiger partial charge in [0.05, 0.1) is 18.2 Å². The number of allylic oxidation sites excluding steroid dienone is 1. The average molecular weight is 425 g/mol. The van der Waals surface area contributed by atoms with Gasteiger partial charge in [-0.05, 0) is 48.5 Å². The molecule has 0 atom stereocenters. The van der Waals surface area contributed by atoms with Gasteiger partial charge < -0.3 is 18.8 Å². The predicted molar refractivity (Wildman–Crippen MR) is 120 cm³/mol. The Morgan fingerprint density at radius 1 is 1.00 bits per heavy atom. The van der Waals surface area contributed by atoms with Crippen molar-refractivity contribution in [3.63, 3.8) is 0 Å². The monoisotopic (exact) mass is 425 g/mol. The van der Waals surface area contributed by atoms with Crippen LogP contribution in [0.3, 0.4) is 0 Å². The number of carbonyl (C=O) groups is 2. The van der Waals surface area contributed by atoms with E-state index in [1.807, 2.05) is 42.1 Å². The molecule has 0 fully saturated rings. The van der Waals surface area contributed by atoms with E-state index in [4.69, 9.17) is 14.2 Å². The van der Waals surface area contributed by atoms with E-state index in [-0.39, 0.29) is 11.5 Å². The Labute approximate surface area is 184 Å². The van der Waals surface area contributed by atoms with Crippen molar-refractivity contribution < 1.29 is 23.8 Å². The number of para-hydroxylation sites is 1. The highest BCUT2D eigenvalue weighted by Crippen LogP contribution is 2.36. The average Bonchev–Trinajstić information content (AvgIpc) is 3.30. The zero-order valence-corrected chi connectivity index (χ0v) is 17.5. The molecule has 0 bridgehead atoms. The Morgan fingerprint density at radius 3 is 2.53 bits per heavy atom. The first-order chi connectivity index (χ1) is 15.5. The topological polar surface area (TPSA) is 66.8 Å². The second kappa shape index (κ2) is 7.74. The molecular weight excluding hydrogens is 406 g/mol. The van der Waals surface area contributed by atoms with E-state index >= 15 is 0 Å². The standard InChI is InChI=1S/C26H19NO5/c1-27-15-17(20-5-3-4-6-22(20)27)13-24-25(28)21-12-11-19(14-23(21)32-24)31-26(29)16-7-9-18(30-2)10-8-16/h3-15H,1-2H3/b24-13+. The summed E-state index contributed by atoms with van der Waals surface area (Å²) in [6, 6.07) is 19.3. The highest BCUT2D eigenvalue weighted by Gasteiger charge is 2.28. The quantitative estimate of drug-likeness (QED) is 0.261. The minimum absolute atomic E-state index is 0.207. The summed E-state index contributed by atoms with van der Waals surface area (Å²) in [5.41, 5.74) is 2.78. The van der Waals surface area contributed by atoms with Crippen LogP contribution in [0.5, 0.6) is 17.2 Å². The van der Waals surface area contributed by atoms with Crippen molar-refractivity contribution in [2.75, 3.05) is 7.11 Å². The molecule has 0 radical (unpaired) electrons. The summed E-state index contributed by atoms with van der Waals surface area (Å²) >= 11 is 0. The van der Waals surface area contributed by atoms with Gasteiger partial charge >= 0.3 is 5.97 Å². The van der Waals surface area contributed by atoms with Crippen LogP contribution in [0, 0.1) is 0 Å². The Morgan fingerprint density at radius 2 is 1.75 bits per heavy atom. The molecule has 0 amide bonds. The number of carbonyl (C=O) groups excluding carboxylic acids is 2. The van der Waals surface area contributed by atoms with Crippen LogP contribution < -0.4 is 14.2 Å². The third kappa shape index (κ3) is 3.41. The largest absolute Gasteiger partial charge is 0.497 e. The van der Waals surface area contributed by atoms with Crippen molar-refractivity contribution in [3.8, 4) is 17.2 Å². The summed E-state index contributed by atoms with van der Waals surface area (Å²) in [7, 11) is 3.52. The maximum Gasteiger partial charge on any atom is 0.343 e. The number of aryl methyl sites for hydroxylation is 1. The smallest absolute Gasteiger partial charge is 0.343 e. The van der Waals surface area contributed by atoms with Gasteiger partial charge in [0.2, 0.25) is 5.78 Å². The zero-order valence-electron chi connectivity index (χ0n) is 17.5. The maximum absolute atomic E-state index is 12.8. The van der Waals surface area contributed by atoms with Gasteiger partial charge in [-0.25, -0.2) is 4.79 Å². The number of benzene rings is 3. The lowest BCUT2D eigenvalue weighted by Gasteiger charge is -2.06. The van der Waals surface area contributed by atoms with E-state index in [0.717, 1.165) is 16.5 Å². The van der Waals surface area contributed by atoms with Gasteiger partial charge in [0, 0.05) is 35.8 Å². The number of fused-ring (bicyclic) bond motifs is 2. The molecule has 6 nitrogen and oxygen atoms in total. The number of nitrogens with zero attached hydrogens (tertiary/aromatic N) is 1. The first-order valence-electron chi connectivity index (χ1n) is 10.0. The van der Waals surface area contributed by atoms with Gasteiger partial charge in [-0.15, -0.1) is 0 Å². The van der Waals surface area contributed by atoms with Crippen LogP contribution in [0.15, 0.2) is 78.7 Å². The lowest BCUT2D eigenvalue weighted by molar-refractivity contribution is 0.0734. The second-order valence-corrected chi connectivity index (χ2v) is 7.43. The predicted octanol–water partition coefficient (Wildman–Crippen LogP) is 5.02. The van der Waals surface area contributed by atoms with Crippen molar-refractivity contribution in [2.45, 2.75) is 0 Å². The van der Waals surface area contributed by atoms with Gasteiger partial charge in [-0.3, -0.25) is 4.79 Å². The van der Waals surface area contributed by atoms with Crippen molar-refractivity contribution in [3.05, 3.63) is 95.4 Å².